The van der Waals surface area contributed by atoms with Crippen molar-refractivity contribution in [3.63, 3.8) is 0 Å². The van der Waals surface area contributed by atoms with Crippen molar-refractivity contribution in [2.24, 2.45) is 5.92 Å². The largest absolute Gasteiger partial charge is 0.389 e. The van der Waals surface area contributed by atoms with Gasteiger partial charge in [0.2, 0.25) is 11.8 Å². The predicted molar refractivity (Wildman–Crippen MR) is 138 cm³/mol. The first kappa shape index (κ1) is 29.5. The van der Waals surface area contributed by atoms with Gasteiger partial charge in [-0.2, -0.15) is 0 Å². The number of rotatable bonds is 15. The van der Waals surface area contributed by atoms with Gasteiger partial charge < -0.3 is 25.4 Å². The van der Waals surface area contributed by atoms with Gasteiger partial charge in [0, 0.05) is 44.8 Å². The highest BCUT2D eigenvalue weighted by atomic mass is 19.1. The van der Waals surface area contributed by atoms with Gasteiger partial charge in [0.15, 0.2) is 0 Å². The normalized spacial score (nSPS) is 23.4. The first-order valence-electron chi connectivity index (χ1n) is 13.9. The lowest BCUT2D eigenvalue weighted by atomic mass is 9.94. The van der Waals surface area contributed by atoms with E-state index < -0.39 is 29.7 Å². The molecule has 0 spiro atoms. The molecule has 1 unspecified atom stereocenters. The highest BCUT2D eigenvalue weighted by Gasteiger charge is 2.38. The summed E-state index contributed by atoms with van der Waals surface area (Å²) in [7, 11) is 0. The van der Waals surface area contributed by atoms with E-state index in [0.29, 0.717) is 38.2 Å². The van der Waals surface area contributed by atoms with Crippen LogP contribution < -0.4 is 10.6 Å². The summed E-state index contributed by atoms with van der Waals surface area (Å²) >= 11 is 0. The molecule has 1 aromatic rings. The van der Waals surface area contributed by atoms with Crippen molar-refractivity contribution in [1.82, 2.24) is 15.5 Å². The molecular weight excluding hydrogens is 480 g/mol. The molecule has 208 valence electrons. The van der Waals surface area contributed by atoms with Crippen molar-refractivity contribution in [2.75, 3.05) is 26.2 Å². The molecule has 3 rings (SSSR count). The fourth-order valence-electron chi connectivity index (χ4n) is 5.23. The van der Waals surface area contributed by atoms with Crippen molar-refractivity contribution < 1.29 is 28.2 Å². The van der Waals surface area contributed by atoms with Crippen molar-refractivity contribution >= 4 is 11.8 Å². The minimum Gasteiger partial charge on any atom is -0.389 e. The third-order valence-corrected chi connectivity index (χ3v) is 7.37. The quantitative estimate of drug-likeness (QED) is 0.307. The molecule has 2 saturated heterocycles. The van der Waals surface area contributed by atoms with Gasteiger partial charge in [-0.25, -0.2) is 8.78 Å². The molecule has 9 heteroatoms. The number of carbonyl (C=O) groups is 2. The van der Waals surface area contributed by atoms with Crippen molar-refractivity contribution in [3.8, 4) is 0 Å². The Morgan fingerprint density at radius 3 is 2.59 bits per heavy atom. The highest BCUT2D eigenvalue weighted by molar-refractivity contribution is 5.89. The summed E-state index contributed by atoms with van der Waals surface area (Å²) in [5, 5.41) is 17.5. The summed E-state index contributed by atoms with van der Waals surface area (Å²) in [5.41, 5.74) is 0.343. The van der Waals surface area contributed by atoms with E-state index in [1.54, 1.807) is 4.90 Å². The average molecular weight is 524 g/mol. The molecule has 0 bridgehead atoms. The Morgan fingerprint density at radius 2 is 1.89 bits per heavy atom. The van der Waals surface area contributed by atoms with E-state index in [1.807, 2.05) is 0 Å². The smallest absolute Gasteiger partial charge is 0.225 e. The molecule has 2 aliphatic rings. The first-order valence-corrected chi connectivity index (χ1v) is 13.9. The number of ether oxygens (including phenoxy) is 1. The number of likely N-dealkylation sites (tertiary alicyclic amines) is 1. The van der Waals surface area contributed by atoms with Crippen LogP contribution in [0.1, 0.15) is 70.8 Å². The van der Waals surface area contributed by atoms with Gasteiger partial charge in [0.05, 0.1) is 24.2 Å². The molecular formula is C28H43F2N3O4. The van der Waals surface area contributed by atoms with Crippen LogP contribution in [0.5, 0.6) is 0 Å². The Morgan fingerprint density at radius 1 is 1.16 bits per heavy atom. The molecule has 3 N–H and O–H groups in total. The van der Waals surface area contributed by atoms with E-state index in [4.69, 9.17) is 4.74 Å². The number of hydrogen-bond acceptors (Lipinski definition) is 5. The van der Waals surface area contributed by atoms with Crippen molar-refractivity contribution in [3.05, 3.63) is 35.4 Å². The first-order chi connectivity index (χ1) is 17.8. The van der Waals surface area contributed by atoms with Crippen LogP contribution in [0.2, 0.25) is 0 Å². The summed E-state index contributed by atoms with van der Waals surface area (Å²) in [6, 6.07) is 2.10. The standard InChI is InChI=1S/C28H43F2N3O4/c1-3-5-7-8-9-33-18-20(14-26(33)34)28(36)32-25(13-19-11-21(29)15-22(30)12-19)27(35)24-16-23(17-31-24)37-10-6-4-2/h11-12,15,20,23-25,27,31,35H,3-10,13-14,16-18H2,1-2H3,(H,32,36)/t20?,23-,24-,25+,27-/m1/s1. The number of hydrogen-bond donors (Lipinski definition) is 3. The Hall–Kier alpha value is -2.10. The molecule has 2 heterocycles. The Balaban J connectivity index is 1.65. The van der Waals surface area contributed by atoms with E-state index in [2.05, 4.69) is 24.5 Å². The van der Waals surface area contributed by atoms with Gasteiger partial charge in [0.25, 0.3) is 0 Å². The number of nitrogens with one attached hydrogen (secondary N) is 2. The number of halogens is 2. The molecule has 7 nitrogen and oxygen atoms in total. The number of aliphatic hydroxyl groups is 1. The van der Waals surface area contributed by atoms with Crippen LogP contribution >= 0.6 is 0 Å². The Kier molecular flexibility index (Phi) is 11.7. The Bertz CT molecular complexity index is 867. The maximum atomic E-state index is 13.9. The fraction of sp³-hybridized carbons (Fsp3) is 0.714. The van der Waals surface area contributed by atoms with E-state index in [0.717, 1.165) is 44.6 Å². The van der Waals surface area contributed by atoms with E-state index in [1.165, 1.54) is 12.1 Å². The van der Waals surface area contributed by atoms with E-state index in [9.17, 15) is 23.5 Å². The molecule has 37 heavy (non-hydrogen) atoms. The van der Waals surface area contributed by atoms with Crippen molar-refractivity contribution in [2.45, 2.75) is 95.9 Å². The van der Waals surface area contributed by atoms with Crippen LogP contribution in [-0.2, 0) is 20.7 Å². The molecule has 1 aromatic carbocycles. The highest BCUT2D eigenvalue weighted by Crippen LogP contribution is 2.22. The lowest BCUT2D eigenvalue weighted by Gasteiger charge is -2.29. The van der Waals surface area contributed by atoms with Crippen LogP contribution in [0.15, 0.2) is 18.2 Å². The van der Waals surface area contributed by atoms with E-state index >= 15 is 0 Å². The third kappa shape index (κ3) is 9.00. The lowest BCUT2D eigenvalue weighted by molar-refractivity contribution is -0.129. The van der Waals surface area contributed by atoms with Crippen molar-refractivity contribution in [1.29, 1.82) is 0 Å². The zero-order chi connectivity index (χ0) is 26.8. The number of amides is 2. The third-order valence-electron chi connectivity index (χ3n) is 7.37. The van der Waals surface area contributed by atoms with Crippen LogP contribution in [0, 0.1) is 17.6 Å². The number of aliphatic hydroxyl groups excluding tert-OH is 1. The van der Waals surface area contributed by atoms with Gasteiger partial charge in [-0.3, -0.25) is 9.59 Å². The summed E-state index contributed by atoms with van der Waals surface area (Å²) in [6.45, 7) is 6.45. The second-order valence-electron chi connectivity index (χ2n) is 10.5. The minimum atomic E-state index is -1.00. The molecule has 2 fully saturated rings. The topological polar surface area (TPSA) is 90.9 Å². The maximum Gasteiger partial charge on any atom is 0.225 e. The predicted octanol–water partition coefficient (Wildman–Crippen LogP) is 3.33. The average Bonchev–Trinajstić information content (AvgIpc) is 3.47. The molecule has 5 atom stereocenters. The number of unbranched alkanes of at least 4 members (excludes halogenated alkanes) is 4. The number of benzene rings is 1. The van der Waals surface area contributed by atoms with Gasteiger partial charge >= 0.3 is 0 Å². The van der Waals surface area contributed by atoms with Crippen LogP contribution in [0.25, 0.3) is 0 Å². The van der Waals surface area contributed by atoms with Crippen LogP contribution in [-0.4, -0.2) is 72.4 Å². The zero-order valence-electron chi connectivity index (χ0n) is 22.2. The SMILES string of the molecule is CCCCCCN1CC(C(=O)N[C@@H](Cc2cc(F)cc(F)c2)[C@H](O)[C@H]2C[C@@H](OCCCC)CN2)CC1=O. The summed E-state index contributed by atoms with van der Waals surface area (Å²) in [4.78, 5) is 27.4. The van der Waals surface area contributed by atoms with E-state index in [-0.39, 0.29) is 36.8 Å². The molecule has 2 amide bonds. The summed E-state index contributed by atoms with van der Waals surface area (Å²) in [5.74, 6) is -2.29. The molecule has 0 aromatic heterocycles. The molecule has 0 radical (unpaired) electrons. The maximum absolute atomic E-state index is 13.9. The lowest BCUT2D eigenvalue weighted by Crippen LogP contribution is -2.53. The zero-order valence-corrected chi connectivity index (χ0v) is 22.2. The van der Waals surface area contributed by atoms with Crippen LogP contribution in [0.3, 0.4) is 0 Å². The summed E-state index contributed by atoms with van der Waals surface area (Å²) in [6.07, 6.45) is 5.90. The monoisotopic (exact) mass is 523 g/mol. The molecule has 2 aliphatic heterocycles. The van der Waals surface area contributed by atoms with Gasteiger partial charge in [-0.15, -0.1) is 0 Å². The number of carbonyl (C=O) groups excluding carboxylic acids is 2. The van der Waals surface area contributed by atoms with Gasteiger partial charge in [0.1, 0.15) is 11.6 Å². The number of nitrogens with zero attached hydrogens (tertiary/aromatic N) is 1. The Labute approximate surface area is 219 Å². The second-order valence-corrected chi connectivity index (χ2v) is 10.5. The molecule has 0 aliphatic carbocycles. The fourth-order valence-corrected chi connectivity index (χ4v) is 5.23. The minimum absolute atomic E-state index is 0.0366. The summed E-state index contributed by atoms with van der Waals surface area (Å²) < 4.78 is 33.6. The van der Waals surface area contributed by atoms with Gasteiger partial charge in [-0.05, 0) is 43.4 Å². The van der Waals surface area contributed by atoms with Crippen LogP contribution in [0.4, 0.5) is 8.78 Å². The van der Waals surface area contributed by atoms with Gasteiger partial charge in [-0.1, -0.05) is 39.5 Å². The molecule has 0 saturated carbocycles. The second kappa shape index (κ2) is 14.7.